The SMILES string of the molecule is c1cc(-c2ccc3c(cnn3[C@H]3CN4CCC3CC4)c2)co1. The summed E-state index contributed by atoms with van der Waals surface area (Å²) in [6.45, 7) is 3.70. The second-order valence-electron chi connectivity index (χ2n) is 6.58. The first-order chi connectivity index (χ1) is 10.9. The lowest BCUT2D eigenvalue weighted by Crippen LogP contribution is -2.48. The van der Waals surface area contributed by atoms with E-state index in [4.69, 9.17) is 9.52 Å². The molecule has 3 saturated heterocycles. The van der Waals surface area contributed by atoms with Crippen LogP contribution in [0.1, 0.15) is 18.9 Å². The Labute approximate surface area is 129 Å². The van der Waals surface area contributed by atoms with E-state index in [0.717, 1.165) is 18.0 Å². The molecule has 5 heterocycles. The molecule has 3 fully saturated rings. The largest absolute Gasteiger partial charge is 0.472 e. The minimum Gasteiger partial charge on any atom is -0.472 e. The van der Waals surface area contributed by atoms with Crippen molar-refractivity contribution >= 4 is 10.9 Å². The van der Waals surface area contributed by atoms with Gasteiger partial charge in [0.2, 0.25) is 0 Å². The van der Waals surface area contributed by atoms with Crippen LogP contribution in [0, 0.1) is 5.92 Å². The maximum atomic E-state index is 5.19. The average molecular weight is 293 g/mol. The Morgan fingerprint density at radius 2 is 2.00 bits per heavy atom. The molecule has 112 valence electrons. The zero-order valence-corrected chi connectivity index (χ0v) is 12.5. The highest BCUT2D eigenvalue weighted by Crippen LogP contribution is 2.37. The zero-order valence-electron chi connectivity index (χ0n) is 12.5. The number of hydrogen-bond donors (Lipinski definition) is 0. The first-order valence-corrected chi connectivity index (χ1v) is 8.11. The van der Waals surface area contributed by atoms with Crippen LogP contribution in [0.15, 0.2) is 47.4 Å². The molecule has 2 aromatic heterocycles. The molecule has 0 unspecified atom stereocenters. The van der Waals surface area contributed by atoms with Crippen LogP contribution in [0.2, 0.25) is 0 Å². The van der Waals surface area contributed by atoms with Crippen molar-refractivity contribution in [2.45, 2.75) is 18.9 Å². The van der Waals surface area contributed by atoms with Crippen LogP contribution in [0.3, 0.4) is 0 Å². The monoisotopic (exact) mass is 293 g/mol. The van der Waals surface area contributed by atoms with Gasteiger partial charge < -0.3 is 9.32 Å². The summed E-state index contributed by atoms with van der Waals surface area (Å²) in [6.07, 6.45) is 8.16. The lowest BCUT2D eigenvalue weighted by molar-refractivity contribution is 0.0534. The second-order valence-corrected chi connectivity index (χ2v) is 6.58. The number of piperidine rings is 3. The van der Waals surface area contributed by atoms with E-state index in [1.807, 2.05) is 12.3 Å². The van der Waals surface area contributed by atoms with Gasteiger partial charge in [-0.05, 0) is 55.6 Å². The number of benzene rings is 1. The van der Waals surface area contributed by atoms with Crippen LogP contribution in [0.25, 0.3) is 22.0 Å². The molecule has 4 nitrogen and oxygen atoms in total. The molecule has 0 aliphatic carbocycles. The highest BCUT2D eigenvalue weighted by Gasteiger charge is 2.36. The third-order valence-corrected chi connectivity index (χ3v) is 5.39. The summed E-state index contributed by atoms with van der Waals surface area (Å²) >= 11 is 0. The Morgan fingerprint density at radius 3 is 2.73 bits per heavy atom. The number of fused-ring (bicyclic) bond motifs is 4. The van der Waals surface area contributed by atoms with E-state index in [-0.39, 0.29) is 0 Å². The molecule has 1 atom stereocenters. The molecule has 22 heavy (non-hydrogen) atoms. The normalized spacial score (nSPS) is 27.5. The number of furan rings is 1. The summed E-state index contributed by atoms with van der Waals surface area (Å²) in [5, 5.41) is 5.94. The van der Waals surface area contributed by atoms with Gasteiger partial charge >= 0.3 is 0 Å². The van der Waals surface area contributed by atoms with Crippen LogP contribution >= 0.6 is 0 Å². The van der Waals surface area contributed by atoms with Gasteiger partial charge in [-0.15, -0.1) is 0 Å². The first kappa shape index (κ1) is 12.5. The van der Waals surface area contributed by atoms with Crippen LogP contribution in [0.4, 0.5) is 0 Å². The summed E-state index contributed by atoms with van der Waals surface area (Å²) in [7, 11) is 0. The van der Waals surface area contributed by atoms with E-state index < -0.39 is 0 Å². The summed E-state index contributed by atoms with van der Waals surface area (Å²) in [5.74, 6) is 0.793. The smallest absolute Gasteiger partial charge is 0.0980 e. The average Bonchev–Trinajstić information content (AvgIpc) is 3.25. The van der Waals surface area contributed by atoms with E-state index in [0.29, 0.717) is 6.04 Å². The molecule has 0 N–H and O–H groups in total. The number of aromatic nitrogens is 2. The highest BCUT2D eigenvalue weighted by molar-refractivity contribution is 5.84. The van der Waals surface area contributed by atoms with E-state index in [1.165, 1.54) is 42.4 Å². The van der Waals surface area contributed by atoms with Crippen molar-refractivity contribution < 1.29 is 4.42 Å². The van der Waals surface area contributed by atoms with Crippen molar-refractivity contribution in [2.75, 3.05) is 19.6 Å². The van der Waals surface area contributed by atoms with E-state index in [9.17, 15) is 0 Å². The van der Waals surface area contributed by atoms with Crippen LogP contribution in [0.5, 0.6) is 0 Å². The van der Waals surface area contributed by atoms with Gasteiger partial charge in [-0.1, -0.05) is 6.07 Å². The second kappa shape index (κ2) is 4.71. The van der Waals surface area contributed by atoms with Gasteiger partial charge in [-0.25, -0.2) is 0 Å². The Morgan fingerprint density at radius 1 is 1.09 bits per heavy atom. The van der Waals surface area contributed by atoms with Gasteiger partial charge in [-0.3, -0.25) is 4.68 Å². The molecule has 4 heteroatoms. The maximum Gasteiger partial charge on any atom is 0.0980 e. The van der Waals surface area contributed by atoms with Gasteiger partial charge in [0.25, 0.3) is 0 Å². The molecule has 3 aliphatic heterocycles. The Hall–Kier alpha value is -2.07. The Balaban J connectivity index is 1.56. The summed E-state index contributed by atoms with van der Waals surface area (Å²) < 4.78 is 7.46. The van der Waals surface area contributed by atoms with Crippen LogP contribution in [-0.4, -0.2) is 34.3 Å². The molecular formula is C18H19N3O. The lowest BCUT2D eigenvalue weighted by atomic mass is 9.84. The van der Waals surface area contributed by atoms with Gasteiger partial charge in [-0.2, -0.15) is 5.10 Å². The van der Waals surface area contributed by atoms with Gasteiger partial charge in [0.1, 0.15) is 0 Å². The standard InChI is InChI=1S/C18H19N3O/c1-2-17-16(9-14(1)15-5-8-22-12-15)10-19-21(17)18-11-20-6-3-13(18)4-7-20/h1-2,5,8-10,12-13,18H,3-4,6-7,11H2/t18-/m0/s1. The summed E-state index contributed by atoms with van der Waals surface area (Å²) in [4.78, 5) is 2.58. The molecule has 0 amide bonds. The predicted octanol–water partition coefficient (Wildman–Crippen LogP) is 3.56. The fourth-order valence-corrected chi connectivity index (χ4v) is 4.14. The molecular weight excluding hydrogens is 274 g/mol. The zero-order chi connectivity index (χ0) is 14.5. The van der Waals surface area contributed by atoms with E-state index in [2.05, 4.69) is 27.8 Å². The summed E-state index contributed by atoms with van der Waals surface area (Å²) in [5.41, 5.74) is 3.57. The van der Waals surface area contributed by atoms with Crippen LogP contribution in [-0.2, 0) is 0 Å². The molecule has 0 spiro atoms. The quantitative estimate of drug-likeness (QED) is 0.724. The van der Waals surface area contributed by atoms with Crippen LogP contribution < -0.4 is 0 Å². The Kier molecular flexibility index (Phi) is 2.67. The molecule has 6 rings (SSSR count). The van der Waals surface area contributed by atoms with E-state index >= 15 is 0 Å². The van der Waals surface area contributed by atoms with Gasteiger partial charge in [0.05, 0.1) is 30.3 Å². The van der Waals surface area contributed by atoms with Crippen molar-refractivity contribution in [1.82, 2.24) is 14.7 Å². The first-order valence-electron chi connectivity index (χ1n) is 8.11. The topological polar surface area (TPSA) is 34.2 Å². The molecule has 1 aromatic carbocycles. The molecule has 3 aromatic rings. The van der Waals surface area contributed by atoms with Gasteiger partial charge in [0.15, 0.2) is 0 Å². The number of hydrogen-bond acceptors (Lipinski definition) is 3. The highest BCUT2D eigenvalue weighted by atomic mass is 16.3. The Bertz CT molecular complexity index is 797. The predicted molar refractivity (Wildman–Crippen MR) is 85.6 cm³/mol. The number of rotatable bonds is 2. The van der Waals surface area contributed by atoms with Crippen molar-refractivity contribution in [3.8, 4) is 11.1 Å². The van der Waals surface area contributed by atoms with Crippen molar-refractivity contribution in [3.05, 3.63) is 43.0 Å². The molecule has 3 aliphatic rings. The molecule has 0 radical (unpaired) electrons. The lowest BCUT2D eigenvalue weighted by Gasteiger charge is -2.44. The minimum absolute atomic E-state index is 0.541. The fourth-order valence-electron chi connectivity index (χ4n) is 4.14. The third-order valence-electron chi connectivity index (χ3n) is 5.39. The number of nitrogens with zero attached hydrogens (tertiary/aromatic N) is 3. The minimum atomic E-state index is 0.541. The summed E-state index contributed by atoms with van der Waals surface area (Å²) in [6, 6.07) is 9.14. The third kappa shape index (κ3) is 1.83. The van der Waals surface area contributed by atoms with Crippen molar-refractivity contribution in [2.24, 2.45) is 5.92 Å². The molecule has 0 saturated carbocycles. The fraction of sp³-hybridized carbons (Fsp3) is 0.389. The van der Waals surface area contributed by atoms with Gasteiger partial charge in [0, 0.05) is 17.5 Å². The maximum absolute atomic E-state index is 5.19. The van der Waals surface area contributed by atoms with E-state index in [1.54, 1.807) is 12.5 Å². The van der Waals surface area contributed by atoms with Crippen molar-refractivity contribution in [1.29, 1.82) is 0 Å². The van der Waals surface area contributed by atoms with Crippen molar-refractivity contribution in [3.63, 3.8) is 0 Å². The molecule has 2 bridgehead atoms.